The third kappa shape index (κ3) is 4.05. The Morgan fingerprint density at radius 1 is 1.07 bits per heavy atom. The molecule has 0 atom stereocenters. The zero-order valence-electron chi connectivity index (χ0n) is 15.0. The first kappa shape index (κ1) is 18.6. The molecule has 0 spiro atoms. The van der Waals surface area contributed by atoms with Crippen LogP contribution in [-0.2, 0) is 6.54 Å². The summed E-state index contributed by atoms with van der Waals surface area (Å²) in [7, 11) is 0. The molecule has 1 aliphatic carbocycles. The molecule has 28 heavy (non-hydrogen) atoms. The summed E-state index contributed by atoms with van der Waals surface area (Å²) in [5.41, 5.74) is 2.03. The van der Waals surface area contributed by atoms with Crippen molar-refractivity contribution in [3.8, 4) is 17.0 Å². The number of halogens is 3. The number of hydrogen-bond donors (Lipinski definition) is 0. The SMILES string of the molecule is O=c1oc2ccc(-c3ccc(OC(F)(F)F)cc3)nc2n1CC1CCCCC1. The van der Waals surface area contributed by atoms with Gasteiger partial charge in [-0.3, -0.25) is 4.57 Å². The Bertz CT molecular complexity index is 1020. The lowest BCUT2D eigenvalue weighted by atomic mass is 9.89. The van der Waals surface area contributed by atoms with Crippen LogP contribution in [0.5, 0.6) is 5.75 Å². The predicted molar refractivity (Wildman–Crippen MR) is 97.0 cm³/mol. The van der Waals surface area contributed by atoms with Gasteiger partial charge in [-0.2, -0.15) is 0 Å². The minimum Gasteiger partial charge on any atom is -0.406 e. The second-order valence-corrected chi connectivity index (χ2v) is 7.07. The maximum absolute atomic E-state index is 12.3. The first-order chi connectivity index (χ1) is 13.4. The van der Waals surface area contributed by atoms with E-state index in [2.05, 4.69) is 9.72 Å². The maximum atomic E-state index is 12.3. The normalized spacial score (nSPS) is 15.8. The Morgan fingerprint density at radius 2 is 1.79 bits per heavy atom. The highest BCUT2D eigenvalue weighted by molar-refractivity contribution is 5.73. The van der Waals surface area contributed by atoms with Gasteiger partial charge in [0.15, 0.2) is 11.2 Å². The quantitative estimate of drug-likeness (QED) is 0.617. The van der Waals surface area contributed by atoms with Gasteiger partial charge in [0, 0.05) is 12.1 Å². The lowest BCUT2D eigenvalue weighted by Crippen LogP contribution is -2.22. The molecular formula is C20H19F3N2O3. The minimum atomic E-state index is -4.73. The second-order valence-electron chi connectivity index (χ2n) is 7.07. The van der Waals surface area contributed by atoms with Crippen LogP contribution in [0.2, 0.25) is 0 Å². The molecule has 1 fully saturated rings. The fraction of sp³-hybridized carbons (Fsp3) is 0.400. The van der Waals surface area contributed by atoms with Crippen LogP contribution in [0.3, 0.4) is 0 Å². The molecule has 5 nitrogen and oxygen atoms in total. The van der Waals surface area contributed by atoms with E-state index >= 15 is 0 Å². The van der Waals surface area contributed by atoms with Gasteiger partial charge in [-0.05, 0) is 55.2 Å². The van der Waals surface area contributed by atoms with Gasteiger partial charge in [-0.1, -0.05) is 19.3 Å². The highest BCUT2D eigenvalue weighted by Gasteiger charge is 2.31. The Morgan fingerprint density at radius 3 is 2.46 bits per heavy atom. The Hall–Kier alpha value is -2.77. The molecule has 0 amide bonds. The number of aromatic nitrogens is 2. The van der Waals surface area contributed by atoms with Crippen molar-refractivity contribution in [1.29, 1.82) is 0 Å². The Kier molecular flexibility index (Phi) is 4.87. The van der Waals surface area contributed by atoms with Gasteiger partial charge in [0.25, 0.3) is 0 Å². The molecule has 2 aromatic heterocycles. The summed E-state index contributed by atoms with van der Waals surface area (Å²) in [4.78, 5) is 16.8. The Labute approximate surface area is 158 Å². The fourth-order valence-corrected chi connectivity index (χ4v) is 3.72. The van der Waals surface area contributed by atoms with Gasteiger partial charge in [0.2, 0.25) is 0 Å². The highest BCUT2D eigenvalue weighted by Crippen LogP contribution is 2.28. The monoisotopic (exact) mass is 392 g/mol. The van der Waals surface area contributed by atoms with E-state index in [-0.39, 0.29) is 5.75 Å². The summed E-state index contributed by atoms with van der Waals surface area (Å²) < 4.78 is 47.7. The highest BCUT2D eigenvalue weighted by atomic mass is 19.4. The largest absolute Gasteiger partial charge is 0.573 e. The van der Waals surface area contributed by atoms with E-state index in [1.807, 2.05) is 0 Å². The number of benzene rings is 1. The third-order valence-corrected chi connectivity index (χ3v) is 5.06. The van der Waals surface area contributed by atoms with E-state index in [9.17, 15) is 18.0 Å². The Balaban J connectivity index is 1.63. The number of pyridine rings is 1. The van der Waals surface area contributed by atoms with Gasteiger partial charge >= 0.3 is 12.1 Å². The molecule has 8 heteroatoms. The smallest absolute Gasteiger partial charge is 0.406 e. The molecule has 0 aliphatic heterocycles. The zero-order chi connectivity index (χ0) is 19.7. The van der Waals surface area contributed by atoms with Crippen molar-refractivity contribution in [1.82, 2.24) is 9.55 Å². The lowest BCUT2D eigenvalue weighted by molar-refractivity contribution is -0.274. The van der Waals surface area contributed by atoms with E-state index in [0.29, 0.717) is 35.0 Å². The van der Waals surface area contributed by atoms with E-state index in [0.717, 1.165) is 12.8 Å². The summed E-state index contributed by atoms with van der Waals surface area (Å²) >= 11 is 0. The number of fused-ring (bicyclic) bond motifs is 1. The molecule has 0 bridgehead atoms. The number of nitrogens with zero attached hydrogens (tertiary/aromatic N) is 2. The topological polar surface area (TPSA) is 57.3 Å². The number of oxazole rings is 1. The molecule has 0 N–H and O–H groups in total. The summed E-state index contributed by atoms with van der Waals surface area (Å²) in [5, 5.41) is 0. The zero-order valence-corrected chi connectivity index (χ0v) is 15.0. The van der Waals surface area contributed by atoms with Crippen LogP contribution < -0.4 is 10.5 Å². The van der Waals surface area contributed by atoms with E-state index in [4.69, 9.17) is 4.42 Å². The van der Waals surface area contributed by atoms with Crippen molar-refractivity contribution in [2.24, 2.45) is 5.92 Å². The molecule has 148 valence electrons. The first-order valence-electron chi connectivity index (χ1n) is 9.26. The fourth-order valence-electron chi connectivity index (χ4n) is 3.72. The van der Waals surface area contributed by atoms with Gasteiger partial charge in [-0.15, -0.1) is 13.2 Å². The van der Waals surface area contributed by atoms with Crippen LogP contribution in [0, 0.1) is 5.92 Å². The number of ether oxygens (including phenoxy) is 1. The minimum absolute atomic E-state index is 0.296. The lowest BCUT2D eigenvalue weighted by Gasteiger charge is -2.21. The molecular weight excluding hydrogens is 373 g/mol. The molecule has 3 aromatic rings. The molecule has 1 aliphatic rings. The second kappa shape index (κ2) is 7.33. The molecule has 4 rings (SSSR count). The van der Waals surface area contributed by atoms with E-state index in [1.54, 1.807) is 16.7 Å². The standard InChI is InChI=1S/C20H19F3N2O3/c21-20(22,23)28-15-8-6-14(7-9-15)16-10-11-17-18(24-16)25(19(26)27-17)12-13-4-2-1-3-5-13/h6-11,13H,1-5,12H2. The molecule has 0 radical (unpaired) electrons. The third-order valence-electron chi connectivity index (χ3n) is 5.06. The van der Waals surface area contributed by atoms with Crippen molar-refractivity contribution < 1.29 is 22.3 Å². The van der Waals surface area contributed by atoms with E-state index in [1.165, 1.54) is 43.5 Å². The average molecular weight is 392 g/mol. The van der Waals surface area contributed by atoms with Crippen molar-refractivity contribution in [3.63, 3.8) is 0 Å². The number of rotatable bonds is 4. The van der Waals surface area contributed by atoms with Crippen molar-refractivity contribution in [3.05, 3.63) is 46.9 Å². The van der Waals surface area contributed by atoms with Gasteiger partial charge in [0.05, 0.1) is 5.69 Å². The van der Waals surface area contributed by atoms with Crippen LogP contribution in [0.1, 0.15) is 32.1 Å². The van der Waals surface area contributed by atoms with Crippen LogP contribution in [0.4, 0.5) is 13.2 Å². The molecule has 0 unspecified atom stereocenters. The van der Waals surface area contributed by atoms with Crippen molar-refractivity contribution in [2.45, 2.75) is 45.0 Å². The van der Waals surface area contributed by atoms with Gasteiger partial charge < -0.3 is 9.15 Å². The summed E-state index contributed by atoms with van der Waals surface area (Å²) in [6.45, 7) is 0.570. The van der Waals surface area contributed by atoms with Gasteiger partial charge in [0.1, 0.15) is 5.75 Å². The molecule has 2 heterocycles. The van der Waals surface area contributed by atoms with Crippen LogP contribution in [0.15, 0.2) is 45.6 Å². The molecule has 1 saturated carbocycles. The van der Waals surface area contributed by atoms with Gasteiger partial charge in [-0.25, -0.2) is 9.78 Å². The van der Waals surface area contributed by atoms with Crippen LogP contribution in [-0.4, -0.2) is 15.9 Å². The predicted octanol–water partition coefficient (Wildman–Crippen LogP) is 5.14. The number of hydrogen-bond acceptors (Lipinski definition) is 4. The summed E-state index contributed by atoms with van der Waals surface area (Å²) in [6.07, 6.45) is 0.998. The summed E-state index contributed by atoms with van der Waals surface area (Å²) in [5.74, 6) is -0.300. The van der Waals surface area contributed by atoms with E-state index < -0.39 is 12.1 Å². The average Bonchev–Trinajstić information content (AvgIpc) is 2.97. The van der Waals surface area contributed by atoms with Crippen LogP contribution in [0.25, 0.3) is 22.5 Å². The van der Waals surface area contributed by atoms with Crippen molar-refractivity contribution >= 4 is 11.2 Å². The molecule has 1 aromatic carbocycles. The molecule has 0 saturated heterocycles. The number of alkyl halides is 3. The first-order valence-corrected chi connectivity index (χ1v) is 9.26. The summed E-state index contributed by atoms with van der Waals surface area (Å²) in [6, 6.07) is 8.81. The maximum Gasteiger partial charge on any atom is 0.573 e. The van der Waals surface area contributed by atoms with Crippen LogP contribution >= 0.6 is 0 Å². The van der Waals surface area contributed by atoms with Crippen molar-refractivity contribution in [2.75, 3.05) is 0 Å².